The Morgan fingerprint density at radius 3 is 2.72 bits per heavy atom. The molecule has 1 aromatic rings. The van der Waals surface area contributed by atoms with Gasteiger partial charge >= 0.3 is 0 Å². The lowest BCUT2D eigenvalue weighted by Gasteiger charge is -2.40. The van der Waals surface area contributed by atoms with Crippen LogP contribution in [-0.2, 0) is 4.79 Å². The second kappa shape index (κ2) is 9.58. The highest BCUT2D eigenvalue weighted by molar-refractivity contribution is 5.80. The van der Waals surface area contributed by atoms with Crippen molar-refractivity contribution in [3.8, 4) is 0 Å². The normalized spacial score (nSPS) is 25.5. The standard InChI is InChI=1S/C26H34N2O/c1-2-26(29)27-18-16-23-14-9-15-24(20-27)28(23)19-17-25(21-10-5-3-6-11-21)22-12-7-4-8-13-22/h3-7,10-12,17,23-24H,2,8-9,13-16,18-20H2,1H3/b25-17+. The first kappa shape index (κ1) is 20.2. The van der Waals surface area contributed by atoms with Crippen LogP contribution in [0.5, 0.6) is 0 Å². The number of allylic oxidation sites excluding steroid dienone is 5. The highest BCUT2D eigenvalue weighted by Gasteiger charge is 2.35. The SMILES string of the molecule is CCC(=O)N1CCC2CCCC(C1)N2C/C=C(/C1=CC=CCC1)c1ccccc1. The van der Waals surface area contributed by atoms with Gasteiger partial charge in [0.25, 0.3) is 0 Å². The Kier molecular flexibility index (Phi) is 6.66. The van der Waals surface area contributed by atoms with Crippen molar-refractivity contribution in [3.05, 3.63) is 65.8 Å². The zero-order valence-electron chi connectivity index (χ0n) is 17.7. The van der Waals surface area contributed by atoms with Gasteiger partial charge in [-0.2, -0.15) is 0 Å². The third-order valence-corrected chi connectivity index (χ3v) is 6.78. The molecule has 2 unspecified atom stereocenters. The summed E-state index contributed by atoms with van der Waals surface area (Å²) in [6.07, 6.45) is 17.0. The van der Waals surface area contributed by atoms with Crippen LogP contribution < -0.4 is 0 Å². The summed E-state index contributed by atoms with van der Waals surface area (Å²) in [6.45, 7) is 4.80. The average Bonchev–Trinajstić information content (AvgIpc) is 2.87. The van der Waals surface area contributed by atoms with Gasteiger partial charge in [-0.3, -0.25) is 9.69 Å². The van der Waals surface area contributed by atoms with Gasteiger partial charge < -0.3 is 4.90 Å². The summed E-state index contributed by atoms with van der Waals surface area (Å²) in [5.74, 6) is 0.317. The topological polar surface area (TPSA) is 23.6 Å². The maximum absolute atomic E-state index is 12.4. The van der Waals surface area contributed by atoms with Crippen LogP contribution in [-0.4, -0.2) is 47.4 Å². The number of piperidine rings is 1. The summed E-state index contributed by atoms with van der Waals surface area (Å²) in [5.41, 5.74) is 4.15. The molecule has 3 aliphatic rings. The van der Waals surface area contributed by atoms with Crippen LogP contribution in [0.15, 0.2) is 60.2 Å². The average molecular weight is 391 g/mol. The van der Waals surface area contributed by atoms with Crippen molar-refractivity contribution in [1.82, 2.24) is 9.80 Å². The van der Waals surface area contributed by atoms with E-state index in [2.05, 4.69) is 64.4 Å². The molecule has 4 rings (SSSR count). The third kappa shape index (κ3) is 4.72. The van der Waals surface area contributed by atoms with Gasteiger partial charge in [0.1, 0.15) is 0 Å². The summed E-state index contributed by atoms with van der Waals surface area (Å²) >= 11 is 0. The fraction of sp³-hybridized carbons (Fsp3) is 0.500. The summed E-state index contributed by atoms with van der Waals surface area (Å²) in [5, 5.41) is 0. The van der Waals surface area contributed by atoms with Crippen molar-refractivity contribution in [1.29, 1.82) is 0 Å². The minimum absolute atomic E-state index is 0.317. The fourth-order valence-corrected chi connectivity index (χ4v) is 5.20. The molecule has 2 aliphatic heterocycles. The van der Waals surface area contributed by atoms with Crippen molar-refractivity contribution in [2.45, 2.75) is 64.0 Å². The summed E-state index contributed by atoms with van der Waals surface area (Å²) in [7, 11) is 0. The second-order valence-electron chi connectivity index (χ2n) is 8.56. The van der Waals surface area contributed by atoms with Crippen molar-refractivity contribution >= 4 is 11.5 Å². The monoisotopic (exact) mass is 390 g/mol. The van der Waals surface area contributed by atoms with E-state index in [4.69, 9.17) is 0 Å². The molecule has 0 radical (unpaired) electrons. The number of nitrogens with zero attached hydrogens (tertiary/aromatic N) is 2. The van der Waals surface area contributed by atoms with Crippen molar-refractivity contribution in [3.63, 3.8) is 0 Å². The maximum Gasteiger partial charge on any atom is 0.222 e. The van der Waals surface area contributed by atoms with E-state index in [-0.39, 0.29) is 0 Å². The highest BCUT2D eigenvalue weighted by Crippen LogP contribution is 2.32. The van der Waals surface area contributed by atoms with Gasteiger partial charge in [0.15, 0.2) is 0 Å². The Balaban J connectivity index is 1.58. The quantitative estimate of drug-likeness (QED) is 0.689. The van der Waals surface area contributed by atoms with Crippen molar-refractivity contribution in [2.75, 3.05) is 19.6 Å². The smallest absolute Gasteiger partial charge is 0.222 e. The van der Waals surface area contributed by atoms with E-state index < -0.39 is 0 Å². The number of hydrogen-bond donors (Lipinski definition) is 0. The van der Waals surface area contributed by atoms with E-state index in [0.717, 1.165) is 38.9 Å². The van der Waals surface area contributed by atoms with E-state index in [0.29, 0.717) is 24.4 Å². The zero-order chi connectivity index (χ0) is 20.1. The van der Waals surface area contributed by atoms with Crippen LogP contribution in [0.3, 0.4) is 0 Å². The van der Waals surface area contributed by atoms with E-state index in [9.17, 15) is 4.79 Å². The van der Waals surface area contributed by atoms with Gasteiger partial charge in [0.05, 0.1) is 0 Å². The molecule has 154 valence electrons. The second-order valence-corrected chi connectivity index (χ2v) is 8.56. The molecule has 2 atom stereocenters. The molecule has 3 nitrogen and oxygen atoms in total. The molecule has 3 heteroatoms. The van der Waals surface area contributed by atoms with Crippen molar-refractivity contribution < 1.29 is 4.79 Å². The predicted octanol–water partition coefficient (Wildman–Crippen LogP) is 5.21. The molecule has 2 saturated heterocycles. The lowest BCUT2D eigenvalue weighted by atomic mass is 9.90. The lowest BCUT2D eigenvalue weighted by molar-refractivity contribution is -0.131. The predicted molar refractivity (Wildman–Crippen MR) is 120 cm³/mol. The van der Waals surface area contributed by atoms with E-state index >= 15 is 0 Å². The van der Waals surface area contributed by atoms with Gasteiger partial charge in [-0.05, 0) is 48.8 Å². The maximum atomic E-state index is 12.4. The number of carbonyl (C=O) groups is 1. The molecular weight excluding hydrogens is 356 g/mol. The number of benzene rings is 1. The Bertz CT molecular complexity index is 792. The van der Waals surface area contributed by atoms with Gasteiger partial charge in [-0.1, -0.05) is 68.0 Å². The molecule has 0 saturated carbocycles. The minimum Gasteiger partial charge on any atom is -0.341 e. The molecule has 2 heterocycles. The molecule has 0 N–H and O–H groups in total. The third-order valence-electron chi connectivity index (χ3n) is 6.78. The van der Waals surface area contributed by atoms with E-state index in [1.165, 1.54) is 36.0 Å². The lowest BCUT2D eigenvalue weighted by Crippen LogP contribution is -2.48. The summed E-state index contributed by atoms with van der Waals surface area (Å²) in [6, 6.07) is 11.9. The molecule has 1 aliphatic carbocycles. The van der Waals surface area contributed by atoms with Crippen LogP contribution in [0, 0.1) is 0 Å². The fourth-order valence-electron chi connectivity index (χ4n) is 5.20. The molecule has 2 fully saturated rings. The number of hydrogen-bond acceptors (Lipinski definition) is 2. The first-order valence-corrected chi connectivity index (χ1v) is 11.4. The van der Waals surface area contributed by atoms with Crippen molar-refractivity contribution in [2.24, 2.45) is 0 Å². The molecule has 1 aromatic carbocycles. The van der Waals surface area contributed by atoms with Gasteiger partial charge in [0, 0.05) is 38.1 Å². The number of amides is 1. The van der Waals surface area contributed by atoms with Crippen LogP contribution in [0.1, 0.15) is 57.4 Å². The van der Waals surface area contributed by atoms with Gasteiger partial charge in [-0.15, -0.1) is 0 Å². The Hall–Kier alpha value is -2.13. The van der Waals surface area contributed by atoms with E-state index in [1.807, 2.05) is 6.92 Å². The van der Waals surface area contributed by atoms with Crippen LogP contribution >= 0.6 is 0 Å². The van der Waals surface area contributed by atoms with Crippen LogP contribution in [0.2, 0.25) is 0 Å². The van der Waals surface area contributed by atoms with E-state index in [1.54, 1.807) is 0 Å². The minimum atomic E-state index is 0.317. The Labute approximate surface area is 175 Å². The first-order valence-electron chi connectivity index (χ1n) is 11.4. The summed E-state index contributed by atoms with van der Waals surface area (Å²) < 4.78 is 0. The van der Waals surface area contributed by atoms with Crippen LogP contribution in [0.4, 0.5) is 0 Å². The number of rotatable bonds is 5. The molecular formula is C26H34N2O. The largest absolute Gasteiger partial charge is 0.341 e. The van der Waals surface area contributed by atoms with Crippen LogP contribution in [0.25, 0.3) is 5.57 Å². The van der Waals surface area contributed by atoms with Gasteiger partial charge in [0.2, 0.25) is 5.91 Å². The molecule has 1 amide bonds. The number of carbonyl (C=O) groups excluding carboxylic acids is 1. The Morgan fingerprint density at radius 2 is 1.97 bits per heavy atom. The highest BCUT2D eigenvalue weighted by atomic mass is 16.2. The molecule has 0 aromatic heterocycles. The number of fused-ring (bicyclic) bond motifs is 2. The molecule has 29 heavy (non-hydrogen) atoms. The molecule has 2 bridgehead atoms. The van der Waals surface area contributed by atoms with Gasteiger partial charge in [-0.25, -0.2) is 0 Å². The Morgan fingerprint density at radius 1 is 1.14 bits per heavy atom. The molecule has 0 spiro atoms. The summed E-state index contributed by atoms with van der Waals surface area (Å²) in [4.78, 5) is 17.2. The first-order chi connectivity index (χ1) is 14.3. The zero-order valence-corrected chi connectivity index (χ0v) is 17.7.